The molecule has 40 heavy (non-hydrogen) atoms. The lowest BCUT2D eigenvalue weighted by Gasteiger charge is -2.41. The van der Waals surface area contributed by atoms with Crippen molar-refractivity contribution in [3.63, 3.8) is 0 Å². The number of phenolic OH excluding ortho intramolecular Hbond substituents is 6. The second-order valence-electron chi connectivity index (χ2n) is 10.0. The second kappa shape index (κ2) is 9.44. The van der Waals surface area contributed by atoms with Gasteiger partial charge >= 0.3 is 0 Å². The van der Waals surface area contributed by atoms with Crippen LogP contribution in [0.1, 0.15) is 45.9 Å². The van der Waals surface area contributed by atoms with E-state index >= 15 is 0 Å². The summed E-state index contributed by atoms with van der Waals surface area (Å²) in [4.78, 5) is 0. The van der Waals surface area contributed by atoms with Crippen LogP contribution in [0.15, 0.2) is 66.7 Å². The SMILES string of the molecule is Oc1ccc([C@@H]2c3c(ccc4c3O[C@H](c3ccc(O)c(O)c3)[C@@H](O)C4)O[C@@H](c3ccc(O)c(O)c3)[C@H]2O)c(O)c1. The molecule has 0 saturated carbocycles. The van der Waals surface area contributed by atoms with Crippen molar-refractivity contribution in [2.45, 2.75) is 36.8 Å². The van der Waals surface area contributed by atoms with Gasteiger partial charge in [-0.1, -0.05) is 24.3 Å². The molecule has 0 unspecified atom stereocenters. The number of aliphatic hydroxyl groups excluding tert-OH is 2. The van der Waals surface area contributed by atoms with E-state index in [0.29, 0.717) is 33.8 Å². The molecule has 6 rings (SSSR count). The Labute approximate surface area is 227 Å². The Kier molecular flexibility index (Phi) is 6.01. The molecule has 4 aromatic rings. The third-order valence-electron chi connectivity index (χ3n) is 7.48. The third kappa shape index (κ3) is 4.14. The van der Waals surface area contributed by atoms with Gasteiger partial charge in [0.25, 0.3) is 0 Å². The number of rotatable bonds is 3. The van der Waals surface area contributed by atoms with E-state index in [1.54, 1.807) is 12.1 Å². The molecular weight excluding hydrogens is 520 g/mol. The molecule has 4 aromatic carbocycles. The van der Waals surface area contributed by atoms with E-state index < -0.39 is 36.1 Å². The zero-order valence-electron chi connectivity index (χ0n) is 20.8. The number of benzene rings is 4. The van der Waals surface area contributed by atoms with Gasteiger partial charge in [0.05, 0.1) is 6.10 Å². The minimum atomic E-state index is -1.34. The van der Waals surface area contributed by atoms with Gasteiger partial charge < -0.3 is 50.3 Å². The zero-order valence-corrected chi connectivity index (χ0v) is 20.8. The van der Waals surface area contributed by atoms with E-state index in [-0.39, 0.29) is 40.7 Å². The maximum absolute atomic E-state index is 11.7. The summed E-state index contributed by atoms with van der Waals surface area (Å²) in [5.74, 6) is -2.23. The number of fused-ring (bicyclic) bond motifs is 3. The summed E-state index contributed by atoms with van der Waals surface area (Å²) in [6, 6.07) is 15.6. The largest absolute Gasteiger partial charge is 0.508 e. The van der Waals surface area contributed by atoms with Crippen LogP contribution in [-0.4, -0.2) is 53.1 Å². The lowest BCUT2D eigenvalue weighted by Crippen LogP contribution is -2.37. The normalized spacial score (nSPS) is 23.4. The highest BCUT2D eigenvalue weighted by Crippen LogP contribution is 2.54. The minimum absolute atomic E-state index is 0.161. The van der Waals surface area contributed by atoms with Crippen LogP contribution in [0, 0.1) is 0 Å². The summed E-state index contributed by atoms with van der Waals surface area (Å²) in [7, 11) is 0. The van der Waals surface area contributed by atoms with Gasteiger partial charge in [-0.3, -0.25) is 0 Å². The van der Waals surface area contributed by atoms with Gasteiger partial charge in [-0.2, -0.15) is 0 Å². The number of hydrogen-bond acceptors (Lipinski definition) is 10. The van der Waals surface area contributed by atoms with E-state index in [4.69, 9.17) is 9.47 Å². The molecule has 0 bridgehead atoms. The third-order valence-corrected chi connectivity index (χ3v) is 7.48. The monoisotopic (exact) mass is 546 g/mol. The molecule has 0 fully saturated rings. The topological polar surface area (TPSA) is 180 Å². The van der Waals surface area contributed by atoms with Gasteiger partial charge in [-0.05, 0) is 53.1 Å². The molecule has 8 N–H and O–H groups in total. The maximum Gasteiger partial charge on any atom is 0.157 e. The highest BCUT2D eigenvalue weighted by atomic mass is 16.5. The van der Waals surface area contributed by atoms with Crippen molar-refractivity contribution in [3.05, 3.63) is 94.5 Å². The van der Waals surface area contributed by atoms with E-state index in [1.165, 1.54) is 48.5 Å². The highest BCUT2D eigenvalue weighted by molar-refractivity contribution is 5.61. The number of aliphatic hydroxyl groups is 2. The van der Waals surface area contributed by atoms with Crippen molar-refractivity contribution in [2.75, 3.05) is 0 Å². The van der Waals surface area contributed by atoms with Crippen LogP contribution in [0.2, 0.25) is 0 Å². The fourth-order valence-corrected chi connectivity index (χ4v) is 5.54. The number of hydrogen-bond donors (Lipinski definition) is 8. The summed E-state index contributed by atoms with van der Waals surface area (Å²) in [5.41, 5.74) is 2.05. The van der Waals surface area contributed by atoms with Gasteiger partial charge in [0.2, 0.25) is 0 Å². The number of phenols is 6. The zero-order chi connectivity index (χ0) is 28.3. The molecule has 0 saturated heterocycles. The van der Waals surface area contributed by atoms with Crippen molar-refractivity contribution in [1.29, 1.82) is 0 Å². The Balaban J connectivity index is 1.52. The first-order valence-corrected chi connectivity index (χ1v) is 12.5. The first kappa shape index (κ1) is 25.5. The van der Waals surface area contributed by atoms with Gasteiger partial charge in [0, 0.05) is 29.5 Å². The molecule has 2 aliphatic rings. The molecule has 10 nitrogen and oxygen atoms in total. The quantitative estimate of drug-likeness (QED) is 0.177. The number of ether oxygens (including phenoxy) is 2. The maximum atomic E-state index is 11.7. The fraction of sp³-hybridized carbons (Fsp3) is 0.200. The van der Waals surface area contributed by atoms with E-state index in [1.807, 2.05) is 0 Å². The average Bonchev–Trinajstić information content (AvgIpc) is 2.92. The molecule has 0 aliphatic carbocycles. The first-order valence-electron chi connectivity index (χ1n) is 12.5. The van der Waals surface area contributed by atoms with E-state index in [2.05, 4.69) is 0 Å². The second-order valence-corrected chi connectivity index (χ2v) is 10.0. The molecule has 0 spiro atoms. The molecule has 2 heterocycles. The summed E-state index contributed by atoms with van der Waals surface area (Å²) in [6.07, 6.45) is -4.16. The Bertz CT molecular complexity index is 1620. The van der Waals surface area contributed by atoms with E-state index in [0.717, 1.165) is 6.07 Å². The Hall–Kier alpha value is -4.80. The molecular formula is C30H26O10. The lowest BCUT2D eigenvalue weighted by atomic mass is 9.77. The minimum Gasteiger partial charge on any atom is -0.508 e. The standard InChI is InChI=1S/C30H26O10/c31-16-4-5-17(20(34)12-16)25-26-24(39-30(27(25)38)15-2-7-19(33)22(36)10-15)8-3-14-11-23(37)28(40-29(14)26)13-1-6-18(32)21(35)9-13/h1-10,12,23,25,27-28,30-38H,11H2/t23-,25+,27-,28+,30-/m0/s1. The summed E-state index contributed by atoms with van der Waals surface area (Å²) >= 11 is 0. The molecule has 0 radical (unpaired) electrons. The van der Waals surface area contributed by atoms with Crippen molar-refractivity contribution in [2.24, 2.45) is 0 Å². The number of aromatic hydroxyl groups is 6. The summed E-state index contributed by atoms with van der Waals surface area (Å²) in [5, 5.41) is 83.1. The van der Waals surface area contributed by atoms with Crippen LogP contribution in [0.25, 0.3) is 0 Å². The Morgan fingerprint density at radius 1 is 0.600 bits per heavy atom. The lowest BCUT2D eigenvalue weighted by molar-refractivity contribution is -0.00180. The van der Waals surface area contributed by atoms with Crippen molar-refractivity contribution in [3.8, 4) is 46.0 Å². The van der Waals surface area contributed by atoms with Crippen LogP contribution < -0.4 is 9.47 Å². The van der Waals surface area contributed by atoms with Crippen LogP contribution in [0.4, 0.5) is 0 Å². The van der Waals surface area contributed by atoms with Gasteiger partial charge in [0.1, 0.15) is 35.2 Å². The first-order chi connectivity index (χ1) is 19.1. The van der Waals surface area contributed by atoms with Crippen molar-refractivity contribution >= 4 is 0 Å². The van der Waals surface area contributed by atoms with E-state index in [9.17, 15) is 40.9 Å². The molecule has 5 atom stereocenters. The predicted octanol–water partition coefficient (Wildman–Crippen LogP) is 3.58. The molecule has 206 valence electrons. The molecule has 2 aliphatic heterocycles. The molecule has 10 heteroatoms. The summed E-state index contributed by atoms with van der Waals surface area (Å²) in [6.45, 7) is 0. The molecule has 0 amide bonds. The van der Waals surface area contributed by atoms with Crippen LogP contribution in [0.5, 0.6) is 46.0 Å². The van der Waals surface area contributed by atoms with Crippen molar-refractivity contribution < 1.29 is 50.3 Å². The van der Waals surface area contributed by atoms with Crippen LogP contribution in [0.3, 0.4) is 0 Å². The Morgan fingerprint density at radius 2 is 1.25 bits per heavy atom. The predicted molar refractivity (Wildman–Crippen MR) is 140 cm³/mol. The average molecular weight is 547 g/mol. The van der Waals surface area contributed by atoms with Gasteiger partial charge in [0.15, 0.2) is 29.1 Å². The van der Waals surface area contributed by atoms with Crippen LogP contribution in [-0.2, 0) is 6.42 Å². The smallest absolute Gasteiger partial charge is 0.157 e. The highest BCUT2D eigenvalue weighted by Gasteiger charge is 2.45. The fourth-order valence-electron chi connectivity index (χ4n) is 5.54. The molecule has 0 aromatic heterocycles. The Morgan fingerprint density at radius 3 is 1.88 bits per heavy atom. The van der Waals surface area contributed by atoms with Crippen LogP contribution >= 0.6 is 0 Å². The van der Waals surface area contributed by atoms with Gasteiger partial charge in [-0.25, -0.2) is 0 Å². The van der Waals surface area contributed by atoms with Crippen molar-refractivity contribution in [1.82, 2.24) is 0 Å². The van der Waals surface area contributed by atoms with Gasteiger partial charge in [-0.15, -0.1) is 0 Å². The summed E-state index contributed by atoms with van der Waals surface area (Å²) < 4.78 is 12.5.